The third-order valence-electron chi connectivity index (χ3n) is 3.39. The molecular weight excluding hydrogens is 296 g/mol. The van der Waals surface area contributed by atoms with Crippen LogP contribution in [0.4, 0.5) is 0 Å². The van der Waals surface area contributed by atoms with Crippen LogP contribution in [0.2, 0.25) is 0 Å². The van der Waals surface area contributed by atoms with E-state index < -0.39 is 11.2 Å². The minimum absolute atomic E-state index is 0.126. The summed E-state index contributed by atoms with van der Waals surface area (Å²) in [4.78, 5) is 37.8. The fourth-order valence-corrected chi connectivity index (χ4v) is 2.49. The Morgan fingerprint density at radius 2 is 1.78 bits per heavy atom. The van der Waals surface area contributed by atoms with Gasteiger partial charge < -0.3 is 4.74 Å². The van der Waals surface area contributed by atoms with Crippen LogP contribution in [0.3, 0.4) is 0 Å². The number of nitrogens with zero attached hydrogens (tertiary/aromatic N) is 1. The lowest BCUT2D eigenvalue weighted by atomic mass is 10.1. The summed E-state index contributed by atoms with van der Waals surface area (Å²) in [5, 5.41) is 0. The number of benzene rings is 1. The van der Waals surface area contributed by atoms with E-state index in [0.717, 1.165) is 11.1 Å². The molecule has 6 nitrogen and oxygen atoms in total. The van der Waals surface area contributed by atoms with Gasteiger partial charge in [0.15, 0.2) is 0 Å². The summed E-state index contributed by atoms with van der Waals surface area (Å²) in [6.45, 7) is 6.89. The number of rotatable bonds is 5. The maximum atomic E-state index is 12.1. The number of carbonyl (C=O) groups is 1. The number of carbonyl (C=O) groups excluding carboxylic acids is 1. The van der Waals surface area contributed by atoms with E-state index >= 15 is 0 Å². The fraction of sp³-hybridized carbons (Fsp3) is 0.353. The molecule has 0 fully saturated rings. The van der Waals surface area contributed by atoms with Gasteiger partial charge in [-0.25, -0.2) is 4.79 Å². The molecule has 2 rings (SSSR count). The topological polar surface area (TPSA) is 81.2 Å². The van der Waals surface area contributed by atoms with Gasteiger partial charge in [-0.05, 0) is 50.5 Å². The lowest BCUT2D eigenvalue weighted by Gasteiger charge is -2.15. The molecular formula is C17H20N2O4. The predicted molar refractivity (Wildman–Crippen MR) is 87.4 cm³/mol. The Labute approximate surface area is 133 Å². The first-order valence-electron chi connectivity index (χ1n) is 7.43. The molecule has 1 aromatic carbocycles. The van der Waals surface area contributed by atoms with Crippen molar-refractivity contribution in [3.8, 4) is 11.6 Å². The molecule has 0 spiro atoms. The number of H-pyrrole nitrogens is 1. The number of hydrogen-bond donors (Lipinski definition) is 1. The van der Waals surface area contributed by atoms with Gasteiger partial charge in [-0.3, -0.25) is 19.1 Å². The Bertz CT molecular complexity index is 842. The molecule has 2 aromatic rings. The quantitative estimate of drug-likeness (QED) is 0.916. The smallest absolute Gasteiger partial charge is 0.331 e. The maximum absolute atomic E-state index is 12.1. The maximum Gasteiger partial charge on any atom is 0.331 e. The fourth-order valence-electron chi connectivity index (χ4n) is 2.49. The van der Waals surface area contributed by atoms with E-state index in [1.807, 2.05) is 32.0 Å². The number of aromatic amines is 1. The monoisotopic (exact) mass is 316 g/mol. The van der Waals surface area contributed by atoms with E-state index in [4.69, 9.17) is 4.74 Å². The first kappa shape index (κ1) is 16.7. The summed E-state index contributed by atoms with van der Waals surface area (Å²) in [7, 11) is 0. The SMILES string of the molecule is CCc1c(Oc2cc(C)cc(C)c2)n(CC(C)=O)c(=O)[nH]c1=O. The van der Waals surface area contributed by atoms with Crippen LogP contribution < -0.4 is 16.0 Å². The highest BCUT2D eigenvalue weighted by Gasteiger charge is 2.17. The molecule has 1 N–H and O–H groups in total. The zero-order valence-corrected chi connectivity index (χ0v) is 13.7. The van der Waals surface area contributed by atoms with Crippen molar-refractivity contribution in [2.75, 3.05) is 0 Å². The van der Waals surface area contributed by atoms with Gasteiger partial charge in [0.1, 0.15) is 11.5 Å². The second-order valence-electron chi connectivity index (χ2n) is 5.61. The Morgan fingerprint density at radius 3 is 2.30 bits per heavy atom. The molecule has 0 bridgehead atoms. The van der Waals surface area contributed by atoms with Gasteiger partial charge in [-0.15, -0.1) is 0 Å². The average molecular weight is 316 g/mol. The lowest BCUT2D eigenvalue weighted by molar-refractivity contribution is -0.117. The number of ketones is 1. The van der Waals surface area contributed by atoms with Crippen LogP contribution in [0.25, 0.3) is 0 Å². The van der Waals surface area contributed by atoms with Gasteiger partial charge in [0, 0.05) is 0 Å². The van der Waals surface area contributed by atoms with Crippen LogP contribution in [0.1, 0.15) is 30.5 Å². The van der Waals surface area contributed by atoms with E-state index in [9.17, 15) is 14.4 Å². The normalized spacial score (nSPS) is 10.6. The second-order valence-corrected chi connectivity index (χ2v) is 5.61. The molecule has 1 aromatic heterocycles. The number of aryl methyl sites for hydroxylation is 2. The van der Waals surface area contributed by atoms with Gasteiger partial charge >= 0.3 is 5.69 Å². The van der Waals surface area contributed by atoms with Crippen molar-refractivity contribution in [2.24, 2.45) is 0 Å². The first-order chi connectivity index (χ1) is 10.8. The number of aromatic nitrogens is 2. The molecule has 0 atom stereocenters. The summed E-state index contributed by atoms with van der Waals surface area (Å²) in [6.07, 6.45) is 0.383. The number of ether oxygens (including phenoxy) is 1. The summed E-state index contributed by atoms with van der Waals surface area (Å²) >= 11 is 0. The van der Waals surface area contributed by atoms with Crippen LogP contribution in [-0.4, -0.2) is 15.3 Å². The predicted octanol–water partition coefficient (Wildman–Crippen LogP) is 2.10. The first-order valence-corrected chi connectivity index (χ1v) is 7.43. The summed E-state index contributed by atoms with van der Waals surface area (Å²) in [6, 6.07) is 5.63. The highest BCUT2D eigenvalue weighted by Crippen LogP contribution is 2.25. The van der Waals surface area contributed by atoms with Gasteiger partial charge in [0.2, 0.25) is 5.88 Å². The molecule has 0 aliphatic heterocycles. The molecule has 0 aliphatic carbocycles. The van der Waals surface area contributed by atoms with Gasteiger partial charge in [-0.1, -0.05) is 13.0 Å². The minimum Gasteiger partial charge on any atom is -0.440 e. The number of hydrogen-bond acceptors (Lipinski definition) is 4. The zero-order valence-electron chi connectivity index (χ0n) is 13.7. The van der Waals surface area contributed by atoms with Gasteiger partial charge in [0.25, 0.3) is 5.56 Å². The van der Waals surface area contributed by atoms with Crippen molar-refractivity contribution >= 4 is 5.78 Å². The standard InChI is InChI=1S/C17H20N2O4/c1-5-14-15(21)18-17(22)19(9-12(4)20)16(14)23-13-7-10(2)6-11(3)8-13/h6-8H,5,9H2,1-4H3,(H,18,21,22). The van der Waals surface area contributed by atoms with Crippen LogP contribution in [0.5, 0.6) is 11.6 Å². The van der Waals surface area contributed by atoms with E-state index in [1.54, 1.807) is 6.92 Å². The Hall–Kier alpha value is -2.63. The largest absolute Gasteiger partial charge is 0.440 e. The molecule has 0 saturated heterocycles. The lowest BCUT2D eigenvalue weighted by Crippen LogP contribution is -2.34. The van der Waals surface area contributed by atoms with Crippen LogP contribution in [0.15, 0.2) is 27.8 Å². The highest BCUT2D eigenvalue weighted by molar-refractivity contribution is 5.75. The van der Waals surface area contributed by atoms with Crippen molar-refractivity contribution in [3.05, 3.63) is 55.7 Å². The molecule has 122 valence electrons. The van der Waals surface area contributed by atoms with Crippen molar-refractivity contribution in [2.45, 2.75) is 40.7 Å². The van der Waals surface area contributed by atoms with Crippen molar-refractivity contribution in [1.82, 2.24) is 9.55 Å². The van der Waals surface area contributed by atoms with Crippen LogP contribution >= 0.6 is 0 Å². The van der Waals surface area contributed by atoms with Crippen molar-refractivity contribution in [3.63, 3.8) is 0 Å². The van der Waals surface area contributed by atoms with Gasteiger partial charge in [0.05, 0.1) is 12.1 Å². The molecule has 0 radical (unpaired) electrons. The molecule has 0 saturated carbocycles. The van der Waals surface area contributed by atoms with Crippen LogP contribution in [-0.2, 0) is 17.8 Å². The van der Waals surface area contributed by atoms with Crippen LogP contribution in [0, 0.1) is 13.8 Å². The molecule has 0 unspecified atom stereocenters. The van der Waals surface area contributed by atoms with Crippen molar-refractivity contribution in [1.29, 1.82) is 0 Å². The Balaban J connectivity index is 2.64. The zero-order chi connectivity index (χ0) is 17.1. The highest BCUT2D eigenvalue weighted by atomic mass is 16.5. The molecule has 0 aliphatic rings. The van der Waals surface area contributed by atoms with Crippen molar-refractivity contribution < 1.29 is 9.53 Å². The molecule has 6 heteroatoms. The minimum atomic E-state index is -0.651. The summed E-state index contributed by atoms with van der Waals surface area (Å²) < 4.78 is 7.01. The molecule has 1 heterocycles. The van der Waals surface area contributed by atoms with E-state index in [1.165, 1.54) is 11.5 Å². The summed E-state index contributed by atoms with van der Waals surface area (Å²) in [5.74, 6) is 0.451. The third-order valence-corrected chi connectivity index (χ3v) is 3.39. The molecule has 0 amide bonds. The number of Topliss-reactive ketones (excluding diaryl/α,β-unsaturated/α-hetero) is 1. The second kappa shape index (κ2) is 6.64. The van der Waals surface area contributed by atoms with Gasteiger partial charge in [-0.2, -0.15) is 0 Å². The average Bonchev–Trinajstić information content (AvgIpc) is 2.42. The van der Waals surface area contributed by atoms with E-state index in [0.29, 0.717) is 17.7 Å². The number of nitrogens with one attached hydrogen (secondary N) is 1. The van der Waals surface area contributed by atoms with E-state index in [-0.39, 0.29) is 18.2 Å². The third kappa shape index (κ3) is 3.77. The van der Waals surface area contributed by atoms with E-state index in [2.05, 4.69) is 4.98 Å². The Kier molecular flexibility index (Phi) is 4.83. The summed E-state index contributed by atoms with van der Waals surface area (Å²) in [5.41, 5.74) is 1.20. The Morgan fingerprint density at radius 1 is 1.17 bits per heavy atom. The molecule has 23 heavy (non-hydrogen) atoms.